The normalized spacial score (nSPS) is 15.4. The minimum absolute atomic E-state index is 0.00629. The van der Waals surface area contributed by atoms with E-state index in [1.54, 1.807) is 0 Å². The SMILES string of the molecule is CC(C)[C@H](NC(=O)[C@H](CS)NC(=O)[C@@H](NC(=O)[C@H](CC(N)=O)NC(=O)[C@@H](N)CS)[C@@H](C)O)C(=O)N[C@@H](CS)C(=O)N[C@@H](CCCN=C(N)N)C(=O)N[C@@H](CC(=O)O)C(=O)O. The zero-order chi connectivity index (χ0) is 46.4. The number of thiol groups is 3. The molecule has 0 saturated carbocycles. The number of carbonyl (C=O) groups is 10. The Morgan fingerprint density at radius 3 is 1.43 bits per heavy atom. The van der Waals surface area contributed by atoms with E-state index in [9.17, 15) is 58.2 Å². The van der Waals surface area contributed by atoms with Crippen LogP contribution in [0, 0.1) is 5.92 Å². The number of rotatable bonds is 28. The van der Waals surface area contributed by atoms with Crippen molar-refractivity contribution in [3.8, 4) is 0 Å². The molecule has 0 radical (unpaired) electrons. The average molecular weight is 913 g/mol. The quantitative estimate of drug-likeness (QED) is 0.0150. The molecule has 9 atom stereocenters. The van der Waals surface area contributed by atoms with Gasteiger partial charge in [0.1, 0.15) is 42.3 Å². The molecule has 25 nitrogen and oxygen atoms in total. The Balaban J connectivity index is 6.06. The first kappa shape index (κ1) is 54.9. The first-order valence-corrected chi connectivity index (χ1v) is 20.0. The van der Waals surface area contributed by atoms with E-state index in [2.05, 4.69) is 74.8 Å². The third-order valence-electron chi connectivity index (χ3n) is 8.08. The molecule has 8 amide bonds. The second kappa shape index (κ2) is 27.7. The molecule has 0 fully saturated rings. The van der Waals surface area contributed by atoms with E-state index in [1.807, 2.05) is 5.32 Å². The van der Waals surface area contributed by atoms with Gasteiger partial charge in [-0.2, -0.15) is 37.9 Å². The Labute approximate surface area is 361 Å². The van der Waals surface area contributed by atoms with Crippen LogP contribution in [0.3, 0.4) is 0 Å². The van der Waals surface area contributed by atoms with Gasteiger partial charge in [-0.1, -0.05) is 13.8 Å². The lowest BCUT2D eigenvalue weighted by atomic mass is 10.0. The van der Waals surface area contributed by atoms with Crippen LogP contribution < -0.4 is 60.2 Å². The molecule has 0 heterocycles. The largest absolute Gasteiger partial charge is 0.481 e. The monoisotopic (exact) mass is 912 g/mol. The van der Waals surface area contributed by atoms with Crippen molar-refractivity contribution in [2.45, 2.75) is 101 Å². The van der Waals surface area contributed by atoms with Gasteiger partial charge in [0.15, 0.2) is 5.96 Å². The lowest BCUT2D eigenvalue weighted by Crippen LogP contribution is -2.62. The first-order valence-electron chi connectivity index (χ1n) is 18.1. The van der Waals surface area contributed by atoms with Crippen molar-refractivity contribution in [3.05, 3.63) is 0 Å². The number of aliphatic imine (C=N–C) groups is 1. The maximum absolute atomic E-state index is 13.5. The number of carboxylic acids is 2. The fraction of sp³-hybridized carbons (Fsp3) is 0.656. The molecule has 0 spiro atoms. The second-order valence-electron chi connectivity index (χ2n) is 13.5. The van der Waals surface area contributed by atoms with Crippen LogP contribution in [0.1, 0.15) is 46.5 Å². The summed E-state index contributed by atoms with van der Waals surface area (Å²) in [5.74, 6) is -13.0. The summed E-state index contributed by atoms with van der Waals surface area (Å²) in [5.41, 5.74) is 21.4. The Morgan fingerprint density at radius 2 is 1.00 bits per heavy atom. The topological polar surface area (TPSA) is 432 Å². The third kappa shape index (κ3) is 20.3. The zero-order valence-electron chi connectivity index (χ0n) is 33.0. The number of nitrogens with zero attached hydrogens (tertiary/aromatic N) is 1. The predicted octanol–water partition coefficient (Wildman–Crippen LogP) is -6.98. The lowest BCUT2D eigenvalue weighted by Gasteiger charge is -2.29. The molecule has 0 aliphatic rings. The molecule has 0 bridgehead atoms. The highest BCUT2D eigenvalue weighted by atomic mass is 32.1. The summed E-state index contributed by atoms with van der Waals surface area (Å²) >= 11 is 12.1. The van der Waals surface area contributed by atoms with Crippen LogP contribution in [0.5, 0.6) is 0 Å². The van der Waals surface area contributed by atoms with Crippen LogP contribution in [0.2, 0.25) is 0 Å². The highest BCUT2D eigenvalue weighted by Crippen LogP contribution is 2.08. The van der Waals surface area contributed by atoms with Gasteiger partial charge in [-0.25, -0.2) is 4.79 Å². The summed E-state index contributed by atoms with van der Waals surface area (Å²) in [7, 11) is 0. The summed E-state index contributed by atoms with van der Waals surface area (Å²) in [4.78, 5) is 130. The zero-order valence-corrected chi connectivity index (χ0v) is 35.6. The molecule has 0 saturated heterocycles. The Kier molecular flexibility index (Phi) is 25.3. The number of primary amides is 1. The molecule has 60 heavy (non-hydrogen) atoms. The number of nitrogens with two attached hydrogens (primary N) is 4. The maximum Gasteiger partial charge on any atom is 0.326 e. The van der Waals surface area contributed by atoms with E-state index in [1.165, 1.54) is 13.8 Å². The predicted molar refractivity (Wildman–Crippen MR) is 223 cm³/mol. The van der Waals surface area contributed by atoms with Crippen LogP contribution in [-0.4, -0.2) is 159 Å². The summed E-state index contributed by atoms with van der Waals surface area (Å²) in [5, 5.41) is 44.7. The fourth-order valence-electron chi connectivity index (χ4n) is 4.82. The summed E-state index contributed by atoms with van der Waals surface area (Å²) in [6.45, 7) is 4.18. The number of nitrogens with one attached hydrogen (secondary N) is 7. The molecule has 0 aliphatic carbocycles. The van der Waals surface area contributed by atoms with Crippen molar-refractivity contribution < 1.29 is 63.3 Å². The van der Waals surface area contributed by atoms with Crippen LogP contribution in [0.4, 0.5) is 0 Å². The van der Waals surface area contributed by atoms with E-state index >= 15 is 0 Å². The Bertz CT molecular complexity index is 1590. The summed E-state index contributed by atoms with van der Waals surface area (Å²) < 4.78 is 0. The third-order valence-corrected chi connectivity index (χ3v) is 9.21. The highest BCUT2D eigenvalue weighted by Gasteiger charge is 2.36. The van der Waals surface area contributed by atoms with Gasteiger partial charge in [0.25, 0.3) is 0 Å². The molecule has 0 unspecified atom stereocenters. The van der Waals surface area contributed by atoms with Crippen molar-refractivity contribution in [3.63, 3.8) is 0 Å². The first-order chi connectivity index (χ1) is 27.9. The van der Waals surface area contributed by atoms with Crippen molar-refractivity contribution in [1.82, 2.24) is 37.2 Å². The maximum atomic E-state index is 13.5. The number of amides is 8. The van der Waals surface area contributed by atoms with Gasteiger partial charge in [-0.15, -0.1) is 0 Å². The number of aliphatic hydroxyl groups excluding tert-OH is 1. The Hall–Kier alpha value is -5.06. The average Bonchev–Trinajstić information content (AvgIpc) is 3.15. The molecule has 0 rings (SSSR count). The Morgan fingerprint density at radius 1 is 0.567 bits per heavy atom. The second-order valence-corrected chi connectivity index (χ2v) is 14.6. The van der Waals surface area contributed by atoms with E-state index in [0.717, 1.165) is 6.92 Å². The molecule has 0 aromatic carbocycles. The number of hydrogen-bond donors (Lipinski definition) is 17. The van der Waals surface area contributed by atoms with E-state index in [0.29, 0.717) is 0 Å². The highest BCUT2D eigenvalue weighted by molar-refractivity contribution is 7.80. The van der Waals surface area contributed by atoms with Crippen LogP contribution in [-0.2, 0) is 47.9 Å². The van der Waals surface area contributed by atoms with Crippen molar-refractivity contribution >= 4 is 103 Å². The van der Waals surface area contributed by atoms with Crippen LogP contribution >= 0.6 is 37.9 Å². The molecular formula is C32H56N12O13S3. The van der Waals surface area contributed by atoms with Crippen molar-refractivity contribution in [1.29, 1.82) is 0 Å². The molecule has 0 aromatic heterocycles. The molecule has 0 aromatic rings. The van der Waals surface area contributed by atoms with Gasteiger partial charge in [0.05, 0.1) is 25.0 Å². The van der Waals surface area contributed by atoms with Gasteiger partial charge in [-0.05, 0) is 25.7 Å². The minimum atomic E-state index is -1.85. The van der Waals surface area contributed by atoms with Crippen molar-refractivity contribution in [2.75, 3.05) is 23.8 Å². The van der Waals surface area contributed by atoms with Crippen LogP contribution in [0.15, 0.2) is 4.99 Å². The number of hydrogen-bond acceptors (Lipinski definition) is 16. The van der Waals surface area contributed by atoms with Crippen LogP contribution in [0.25, 0.3) is 0 Å². The van der Waals surface area contributed by atoms with E-state index in [4.69, 9.17) is 28.0 Å². The summed E-state index contributed by atoms with van der Waals surface area (Å²) in [6.07, 6.45) is -3.38. The number of aliphatic hydroxyl groups is 1. The van der Waals surface area contributed by atoms with Gasteiger partial charge >= 0.3 is 11.9 Å². The van der Waals surface area contributed by atoms with Gasteiger partial charge < -0.3 is 75.5 Å². The number of carboxylic acid groups (broad SMARTS) is 2. The van der Waals surface area contributed by atoms with Gasteiger partial charge in [0.2, 0.25) is 47.3 Å². The molecule has 18 N–H and O–H groups in total. The number of carbonyl (C=O) groups excluding carboxylic acids is 8. The smallest absolute Gasteiger partial charge is 0.326 e. The van der Waals surface area contributed by atoms with Gasteiger partial charge in [0, 0.05) is 23.8 Å². The summed E-state index contributed by atoms with van der Waals surface area (Å²) in [6, 6.07) is -12.2. The standard InChI is InChI=1S/C32H56N12O13S3/c1-12(2)22(29(54)41-18(10-59)27(52)38-15(5-4-6-37-32(35)36)25(50)40-17(31(56)57)8-21(47)48)43-28(53)19(11-60)42-30(55)23(13(3)45)44-26(51)16(7-20(34)46)39-24(49)14(33)9-58/h12-19,22-23,45,58-60H,4-11,33H2,1-3H3,(H2,34,46)(H,38,52)(H,39,49)(H,40,50)(H,41,54)(H,42,55)(H,43,53)(H,44,51)(H,47,48)(H,56,57)(H4,35,36,37)/t13-,14+,15+,16+,17+,18+,19+,22+,23+/m1/s1. The molecular weight excluding hydrogens is 857 g/mol. The van der Waals surface area contributed by atoms with E-state index < -0.39 is 132 Å². The minimum Gasteiger partial charge on any atom is -0.481 e. The van der Waals surface area contributed by atoms with Crippen molar-refractivity contribution in [2.24, 2.45) is 33.8 Å². The lowest BCUT2D eigenvalue weighted by molar-refractivity contribution is -0.147. The van der Waals surface area contributed by atoms with Gasteiger partial charge in [-0.3, -0.25) is 48.1 Å². The number of guanidine groups is 1. The fourth-order valence-corrected chi connectivity index (χ4v) is 5.50. The number of aliphatic carboxylic acids is 2. The molecule has 28 heteroatoms. The molecule has 0 aliphatic heterocycles. The molecule has 340 valence electrons. The van der Waals surface area contributed by atoms with E-state index in [-0.39, 0.29) is 42.6 Å².